The van der Waals surface area contributed by atoms with Crippen LogP contribution >= 0.6 is 0 Å². The van der Waals surface area contributed by atoms with Crippen LogP contribution in [0.25, 0.3) is 5.69 Å². The SMILES string of the molecule is Cc1ccccc1-n1nccc1NC(=O)NCc1cnn(C)c1C. The number of urea groups is 1. The van der Waals surface area contributed by atoms with Crippen LogP contribution in [0.15, 0.2) is 42.7 Å². The van der Waals surface area contributed by atoms with Crippen molar-refractivity contribution >= 4 is 11.8 Å². The molecule has 0 unspecified atom stereocenters. The number of amides is 2. The number of benzene rings is 1. The summed E-state index contributed by atoms with van der Waals surface area (Å²) in [4.78, 5) is 12.2. The van der Waals surface area contributed by atoms with Crippen molar-refractivity contribution in [2.45, 2.75) is 20.4 Å². The summed E-state index contributed by atoms with van der Waals surface area (Å²) in [7, 11) is 1.87. The number of hydrogen-bond donors (Lipinski definition) is 2. The van der Waals surface area contributed by atoms with Gasteiger partial charge in [0, 0.05) is 30.9 Å². The minimum atomic E-state index is -0.284. The van der Waals surface area contributed by atoms with Gasteiger partial charge in [-0.3, -0.25) is 10.00 Å². The molecule has 7 nitrogen and oxygen atoms in total. The summed E-state index contributed by atoms with van der Waals surface area (Å²) in [5.41, 5.74) is 4.02. The van der Waals surface area contributed by atoms with E-state index in [1.165, 1.54) is 0 Å². The van der Waals surface area contributed by atoms with Crippen LogP contribution in [0.5, 0.6) is 0 Å². The maximum Gasteiger partial charge on any atom is 0.320 e. The highest BCUT2D eigenvalue weighted by molar-refractivity contribution is 5.88. The number of aromatic nitrogens is 4. The summed E-state index contributed by atoms with van der Waals surface area (Å²) < 4.78 is 3.49. The monoisotopic (exact) mass is 324 g/mol. The molecule has 0 aliphatic carbocycles. The third-order valence-corrected chi connectivity index (χ3v) is 4.00. The highest BCUT2D eigenvalue weighted by Crippen LogP contribution is 2.18. The van der Waals surface area contributed by atoms with E-state index in [0.717, 1.165) is 22.5 Å². The van der Waals surface area contributed by atoms with Gasteiger partial charge in [-0.1, -0.05) is 18.2 Å². The number of nitrogens with zero attached hydrogens (tertiary/aromatic N) is 4. The van der Waals surface area contributed by atoms with Crippen molar-refractivity contribution in [2.75, 3.05) is 5.32 Å². The third kappa shape index (κ3) is 3.15. The number of carbonyl (C=O) groups is 1. The Bertz CT molecular complexity index is 864. The zero-order valence-corrected chi connectivity index (χ0v) is 13.9. The van der Waals surface area contributed by atoms with Gasteiger partial charge in [-0.05, 0) is 25.5 Å². The van der Waals surface area contributed by atoms with Crippen LogP contribution in [0.3, 0.4) is 0 Å². The number of carbonyl (C=O) groups excluding carboxylic acids is 1. The van der Waals surface area contributed by atoms with E-state index in [0.29, 0.717) is 12.4 Å². The Morgan fingerprint density at radius 3 is 2.67 bits per heavy atom. The summed E-state index contributed by atoms with van der Waals surface area (Å²) in [5, 5.41) is 14.1. The van der Waals surface area contributed by atoms with E-state index in [4.69, 9.17) is 0 Å². The maximum absolute atomic E-state index is 12.2. The fraction of sp³-hybridized carbons (Fsp3) is 0.235. The lowest BCUT2D eigenvalue weighted by molar-refractivity contribution is 0.251. The van der Waals surface area contributed by atoms with Gasteiger partial charge >= 0.3 is 6.03 Å². The van der Waals surface area contributed by atoms with Gasteiger partial charge in [-0.15, -0.1) is 0 Å². The van der Waals surface area contributed by atoms with Gasteiger partial charge in [0.1, 0.15) is 5.82 Å². The normalized spacial score (nSPS) is 10.6. The van der Waals surface area contributed by atoms with Crippen molar-refractivity contribution in [3.8, 4) is 5.69 Å². The molecule has 1 aromatic carbocycles. The molecule has 124 valence electrons. The molecule has 0 radical (unpaired) electrons. The van der Waals surface area contributed by atoms with E-state index in [-0.39, 0.29) is 6.03 Å². The summed E-state index contributed by atoms with van der Waals surface area (Å²) in [6.45, 7) is 4.39. The molecule has 0 spiro atoms. The molecule has 3 rings (SSSR count). The molecular formula is C17H20N6O. The molecule has 0 saturated carbocycles. The summed E-state index contributed by atoms with van der Waals surface area (Å²) in [6.07, 6.45) is 3.42. The van der Waals surface area contributed by atoms with E-state index in [2.05, 4.69) is 20.8 Å². The molecule has 2 N–H and O–H groups in total. The average Bonchev–Trinajstić information content (AvgIpc) is 3.14. The third-order valence-electron chi connectivity index (χ3n) is 4.00. The van der Waals surface area contributed by atoms with Crippen molar-refractivity contribution in [3.63, 3.8) is 0 Å². The minimum Gasteiger partial charge on any atom is -0.334 e. The van der Waals surface area contributed by atoms with Gasteiger partial charge in [0.15, 0.2) is 0 Å². The van der Waals surface area contributed by atoms with Crippen LogP contribution in [-0.4, -0.2) is 25.6 Å². The molecule has 3 aromatic rings. The predicted octanol–water partition coefficient (Wildman–Crippen LogP) is 2.54. The average molecular weight is 324 g/mol. The molecule has 0 saturated heterocycles. The van der Waals surface area contributed by atoms with Gasteiger partial charge in [0.05, 0.1) is 18.1 Å². The molecular weight excluding hydrogens is 304 g/mol. The fourth-order valence-electron chi connectivity index (χ4n) is 2.44. The second kappa shape index (κ2) is 6.57. The van der Waals surface area contributed by atoms with Gasteiger partial charge in [-0.25, -0.2) is 9.48 Å². The van der Waals surface area contributed by atoms with Crippen molar-refractivity contribution in [2.24, 2.45) is 7.05 Å². The first-order valence-electron chi connectivity index (χ1n) is 7.68. The van der Waals surface area contributed by atoms with Crippen LogP contribution in [-0.2, 0) is 13.6 Å². The molecule has 7 heteroatoms. The highest BCUT2D eigenvalue weighted by atomic mass is 16.2. The van der Waals surface area contributed by atoms with Crippen LogP contribution in [0.1, 0.15) is 16.8 Å². The number of aryl methyl sites for hydroxylation is 2. The van der Waals surface area contributed by atoms with Gasteiger partial charge < -0.3 is 5.32 Å². The zero-order valence-electron chi connectivity index (χ0n) is 13.9. The summed E-state index contributed by atoms with van der Waals surface area (Å²) >= 11 is 0. The predicted molar refractivity (Wildman–Crippen MR) is 92.1 cm³/mol. The molecule has 0 aliphatic rings. The van der Waals surface area contributed by atoms with Crippen LogP contribution in [0.4, 0.5) is 10.6 Å². The van der Waals surface area contributed by atoms with E-state index in [1.807, 2.05) is 45.2 Å². The summed E-state index contributed by atoms with van der Waals surface area (Å²) in [5.74, 6) is 0.615. The topological polar surface area (TPSA) is 76.8 Å². The zero-order chi connectivity index (χ0) is 17.1. The number of rotatable bonds is 4. The van der Waals surface area contributed by atoms with E-state index in [1.54, 1.807) is 27.8 Å². The number of nitrogens with one attached hydrogen (secondary N) is 2. The molecule has 0 bridgehead atoms. The Hall–Kier alpha value is -3.09. The van der Waals surface area contributed by atoms with Crippen molar-refractivity contribution in [1.29, 1.82) is 0 Å². The lowest BCUT2D eigenvalue weighted by atomic mass is 10.2. The molecule has 0 atom stereocenters. The van der Waals surface area contributed by atoms with Crippen molar-refractivity contribution < 1.29 is 4.79 Å². The molecule has 2 amide bonds. The number of para-hydroxylation sites is 1. The largest absolute Gasteiger partial charge is 0.334 e. The lowest BCUT2D eigenvalue weighted by Crippen LogP contribution is -2.29. The Kier molecular flexibility index (Phi) is 4.33. The standard InChI is InChI=1S/C17H20N6O/c1-12-6-4-5-7-15(12)23-16(8-9-19-23)21-17(24)18-10-14-11-20-22(3)13(14)2/h4-9,11H,10H2,1-3H3,(H2,18,21,24). The van der Waals surface area contributed by atoms with E-state index >= 15 is 0 Å². The Morgan fingerprint density at radius 1 is 1.17 bits per heavy atom. The number of hydrogen-bond acceptors (Lipinski definition) is 3. The van der Waals surface area contributed by atoms with Crippen molar-refractivity contribution in [1.82, 2.24) is 24.9 Å². The minimum absolute atomic E-state index is 0.284. The molecule has 2 heterocycles. The van der Waals surface area contributed by atoms with E-state index in [9.17, 15) is 4.79 Å². The second-order valence-corrected chi connectivity index (χ2v) is 5.60. The maximum atomic E-state index is 12.2. The van der Waals surface area contributed by atoms with E-state index < -0.39 is 0 Å². The Balaban J connectivity index is 1.69. The lowest BCUT2D eigenvalue weighted by Gasteiger charge is -2.11. The summed E-state index contributed by atoms with van der Waals surface area (Å²) in [6, 6.07) is 9.36. The quantitative estimate of drug-likeness (QED) is 0.774. The van der Waals surface area contributed by atoms with Crippen molar-refractivity contribution in [3.05, 3.63) is 59.5 Å². The second-order valence-electron chi connectivity index (χ2n) is 5.60. The highest BCUT2D eigenvalue weighted by Gasteiger charge is 2.11. The smallest absolute Gasteiger partial charge is 0.320 e. The molecule has 24 heavy (non-hydrogen) atoms. The Labute approximate surface area is 140 Å². The van der Waals surface area contributed by atoms with Gasteiger partial charge in [-0.2, -0.15) is 10.2 Å². The molecule has 0 aliphatic heterocycles. The molecule has 0 fully saturated rings. The van der Waals surface area contributed by atoms with Crippen LogP contribution < -0.4 is 10.6 Å². The van der Waals surface area contributed by atoms with Gasteiger partial charge in [0.25, 0.3) is 0 Å². The first-order valence-corrected chi connectivity index (χ1v) is 7.68. The van der Waals surface area contributed by atoms with Gasteiger partial charge in [0.2, 0.25) is 0 Å². The van der Waals surface area contributed by atoms with Crippen LogP contribution in [0, 0.1) is 13.8 Å². The Morgan fingerprint density at radius 2 is 1.96 bits per heavy atom. The van der Waals surface area contributed by atoms with Crippen LogP contribution in [0.2, 0.25) is 0 Å². The first-order chi connectivity index (χ1) is 11.6. The fourth-order valence-corrected chi connectivity index (χ4v) is 2.44. The number of anilines is 1. The molecule has 2 aromatic heterocycles. The first kappa shape index (κ1) is 15.8.